The van der Waals surface area contributed by atoms with Gasteiger partial charge in [0.1, 0.15) is 48.8 Å². The van der Waals surface area contributed by atoms with Crippen molar-refractivity contribution in [1.29, 1.82) is 0 Å². The minimum absolute atomic E-state index is 0.403. The van der Waals surface area contributed by atoms with Crippen molar-refractivity contribution in [1.82, 2.24) is 0 Å². The fraction of sp³-hybridized carbons (Fsp3) is 0.700. The van der Waals surface area contributed by atoms with Crippen LogP contribution in [0, 0.1) is 13.8 Å². The number of benzene rings is 1. The summed E-state index contributed by atoms with van der Waals surface area (Å²) < 4.78 is 11.0. The van der Waals surface area contributed by atoms with Crippen LogP contribution in [0.3, 0.4) is 0 Å². The van der Waals surface area contributed by atoms with Crippen LogP contribution in [0.4, 0.5) is 11.4 Å². The predicted molar refractivity (Wildman–Crippen MR) is 111 cm³/mol. The van der Waals surface area contributed by atoms with Gasteiger partial charge in [-0.2, -0.15) is 0 Å². The summed E-state index contributed by atoms with van der Waals surface area (Å²) in [6, 6.07) is 3.46. The van der Waals surface area contributed by atoms with Gasteiger partial charge < -0.3 is 61.0 Å². The van der Waals surface area contributed by atoms with E-state index in [2.05, 4.69) is 10.6 Å². The van der Waals surface area contributed by atoms with Gasteiger partial charge in [-0.1, -0.05) is 0 Å². The second-order valence-electron chi connectivity index (χ2n) is 8.28. The number of rotatable bonds is 8. The zero-order valence-corrected chi connectivity index (χ0v) is 17.7. The van der Waals surface area contributed by atoms with Crippen molar-refractivity contribution in [2.75, 3.05) is 23.8 Å². The minimum atomic E-state index is -1.44. The third-order valence-corrected chi connectivity index (χ3v) is 5.96. The molecular weight excluding hydrogens is 428 g/mol. The van der Waals surface area contributed by atoms with Gasteiger partial charge in [0.15, 0.2) is 12.5 Å². The van der Waals surface area contributed by atoms with Gasteiger partial charge in [-0.25, -0.2) is 0 Å². The van der Waals surface area contributed by atoms with Crippen molar-refractivity contribution in [3.63, 3.8) is 0 Å². The Morgan fingerprint density at radius 1 is 0.719 bits per heavy atom. The summed E-state index contributed by atoms with van der Waals surface area (Å²) in [4.78, 5) is 0. The van der Waals surface area contributed by atoms with Gasteiger partial charge in [0.05, 0.1) is 24.6 Å². The van der Waals surface area contributed by atoms with Gasteiger partial charge in [0, 0.05) is 0 Å². The van der Waals surface area contributed by atoms with Crippen molar-refractivity contribution >= 4 is 11.4 Å². The van der Waals surface area contributed by atoms with Crippen molar-refractivity contribution in [2.24, 2.45) is 0 Å². The van der Waals surface area contributed by atoms with E-state index >= 15 is 0 Å². The molecule has 182 valence electrons. The lowest BCUT2D eigenvalue weighted by Gasteiger charge is -2.25. The Labute approximate surface area is 184 Å². The maximum atomic E-state index is 10.3. The molecule has 2 aliphatic heterocycles. The summed E-state index contributed by atoms with van der Waals surface area (Å²) >= 11 is 0. The summed E-state index contributed by atoms with van der Waals surface area (Å²) in [6.45, 7) is 2.39. The van der Waals surface area contributed by atoms with Crippen molar-refractivity contribution in [2.45, 2.75) is 75.1 Å². The molecule has 10 N–H and O–H groups in total. The molecule has 32 heavy (non-hydrogen) atoms. The Kier molecular flexibility index (Phi) is 7.93. The van der Waals surface area contributed by atoms with E-state index in [1.54, 1.807) is 12.1 Å². The molecule has 1 aromatic carbocycles. The van der Waals surface area contributed by atoms with Crippen molar-refractivity contribution < 1.29 is 50.3 Å². The molecule has 0 amide bonds. The summed E-state index contributed by atoms with van der Waals surface area (Å²) in [7, 11) is 0. The van der Waals surface area contributed by atoms with Crippen LogP contribution < -0.4 is 10.6 Å². The molecule has 0 aliphatic carbocycles. The zero-order valence-electron chi connectivity index (χ0n) is 17.7. The smallest absolute Gasteiger partial charge is 0.157 e. The molecule has 2 heterocycles. The van der Waals surface area contributed by atoms with E-state index in [1.165, 1.54) is 0 Å². The van der Waals surface area contributed by atoms with E-state index in [-0.39, 0.29) is 0 Å². The van der Waals surface area contributed by atoms with Gasteiger partial charge in [0.25, 0.3) is 0 Å². The van der Waals surface area contributed by atoms with Gasteiger partial charge in [-0.15, -0.1) is 0 Å². The van der Waals surface area contributed by atoms with Crippen LogP contribution in [0.25, 0.3) is 0 Å². The van der Waals surface area contributed by atoms with E-state index in [0.717, 1.165) is 11.1 Å². The zero-order chi connectivity index (χ0) is 23.7. The molecule has 0 bridgehead atoms. The number of hydrogen-bond acceptors (Lipinski definition) is 12. The second kappa shape index (κ2) is 10.1. The molecule has 3 rings (SSSR count). The van der Waals surface area contributed by atoms with Crippen LogP contribution >= 0.6 is 0 Å². The number of nitrogens with one attached hydrogen (secondary N) is 2. The fourth-order valence-corrected chi connectivity index (χ4v) is 3.85. The van der Waals surface area contributed by atoms with Gasteiger partial charge in [-0.05, 0) is 37.1 Å². The third kappa shape index (κ3) is 4.84. The van der Waals surface area contributed by atoms with Gasteiger partial charge in [-0.3, -0.25) is 0 Å². The Hall–Kier alpha value is -1.58. The highest BCUT2D eigenvalue weighted by molar-refractivity contribution is 5.71. The quantitative estimate of drug-likeness (QED) is 0.186. The highest BCUT2D eigenvalue weighted by atomic mass is 16.6. The first-order chi connectivity index (χ1) is 15.1. The van der Waals surface area contributed by atoms with Gasteiger partial charge in [0.2, 0.25) is 0 Å². The highest BCUT2D eigenvalue weighted by Crippen LogP contribution is 2.33. The third-order valence-electron chi connectivity index (χ3n) is 5.96. The van der Waals surface area contributed by atoms with Crippen LogP contribution in [-0.4, -0.2) is 115 Å². The fourth-order valence-electron chi connectivity index (χ4n) is 3.85. The number of hydrogen-bond donors (Lipinski definition) is 10. The Bertz CT molecular complexity index is 720. The van der Waals surface area contributed by atoms with E-state index in [1.807, 2.05) is 13.8 Å². The molecule has 1 aromatic rings. The molecule has 2 saturated heterocycles. The van der Waals surface area contributed by atoms with Gasteiger partial charge >= 0.3 is 0 Å². The largest absolute Gasteiger partial charge is 0.394 e. The number of aliphatic hydroxyl groups is 8. The second-order valence-corrected chi connectivity index (χ2v) is 8.28. The molecule has 0 aromatic heterocycles. The monoisotopic (exact) mass is 460 g/mol. The molecule has 2 fully saturated rings. The van der Waals surface area contributed by atoms with Crippen LogP contribution in [0.2, 0.25) is 0 Å². The van der Waals surface area contributed by atoms with E-state index < -0.39 is 74.5 Å². The summed E-state index contributed by atoms with van der Waals surface area (Å²) in [5.74, 6) is 0. The van der Waals surface area contributed by atoms with E-state index in [9.17, 15) is 30.6 Å². The summed E-state index contributed by atoms with van der Waals surface area (Å²) in [6.07, 6.45) is -13.1. The molecule has 0 saturated carbocycles. The first-order valence-corrected chi connectivity index (χ1v) is 10.3. The van der Waals surface area contributed by atoms with Crippen LogP contribution in [0.1, 0.15) is 11.1 Å². The molecule has 10 atom stereocenters. The van der Waals surface area contributed by atoms with Crippen LogP contribution in [0.5, 0.6) is 0 Å². The Morgan fingerprint density at radius 3 is 1.38 bits per heavy atom. The maximum Gasteiger partial charge on any atom is 0.157 e. The number of anilines is 2. The average molecular weight is 460 g/mol. The molecule has 2 aliphatic rings. The SMILES string of the molecule is Cc1cc(N[C@@H]2O[C@@H]([C@H](O)CO)[C@@H](O)[C@@H]2O)c(N[C@H]2O[C@H]([C@H](O)CO)[C@H](O)[C@H]2O)cc1C. The first kappa shape index (κ1) is 25.1. The molecule has 0 radical (unpaired) electrons. The Morgan fingerprint density at radius 2 is 1.06 bits per heavy atom. The van der Waals surface area contributed by atoms with Crippen molar-refractivity contribution in [3.8, 4) is 0 Å². The summed E-state index contributed by atoms with van der Waals surface area (Å²) in [5, 5.41) is 84.7. The minimum Gasteiger partial charge on any atom is -0.394 e. The predicted octanol–water partition coefficient (Wildman–Crippen LogP) is -3.27. The Balaban J connectivity index is 1.81. The van der Waals surface area contributed by atoms with Crippen LogP contribution in [0.15, 0.2) is 12.1 Å². The number of aryl methyl sites for hydroxylation is 2. The average Bonchev–Trinajstić information content (AvgIpc) is 3.21. The standard InChI is InChI=1S/C20H32N2O10/c1-7-3-9(21-19-15(29)13(27)17(31-19)11(25)5-23)10(4-8(7)2)22-20-16(30)14(28)18(32-20)12(26)6-24/h3-4,11-30H,5-6H2,1-2H3/t11-,12-,13-,14+,15-,16+,17-,18+,19+,20-/m1/s1. The van der Waals surface area contributed by atoms with E-state index in [4.69, 9.17) is 19.7 Å². The van der Waals surface area contributed by atoms with E-state index in [0.29, 0.717) is 11.4 Å². The first-order valence-electron chi connectivity index (χ1n) is 10.3. The van der Waals surface area contributed by atoms with Crippen molar-refractivity contribution in [3.05, 3.63) is 23.3 Å². The number of ether oxygens (including phenoxy) is 2. The lowest BCUT2D eigenvalue weighted by Crippen LogP contribution is -2.41. The lowest BCUT2D eigenvalue weighted by atomic mass is 10.0. The highest BCUT2D eigenvalue weighted by Gasteiger charge is 2.47. The lowest BCUT2D eigenvalue weighted by molar-refractivity contribution is -0.0776. The number of aliphatic hydroxyl groups excluding tert-OH is 8. The molecular formula is C20H32N2O10. The summed E-state index contributed by atoms with van der Waals surface area (Å²) in [5.41, 5.74) is 2.55. The maximum absolute atomic E-state index is 10.3. The molecule has 0 spiro atoms. The van der Waals surface area contributed by atoms with Crippen LogP contribution in [-0.2, 0) is 9.47 Å². The molecule has 0 unspecified atom stereocenters. The normalized spacial score (nSPS) is 36.8. The topological polar surface area (TPSA) is 204 Å². The molecule has 12 heteroatoms. The molecule has 12 nitrogen and oxygen atoms in total.